The average Bonchev–Trinajstić information content (AvgIpc) is 2.28. The van der Waals surface area contributed by atoms with E-state index in [-0.39, 0.29) is 0 Å². The lowest BCUT2D eigenvalue weighted by Crippen LogP contribution is -2.48. The maximum Gasteiger partial charge on any atom is 0.0642 e. The van der Waals surface area contributed by atoms with E-state index in [9.17, 15) is 0 Å². The van der Waals surface area contributed by atoms with Gasteiger partial charge in [-0.15, -0.1) is 0 Å². The lowest BCUT2D eigenvalue weighted by Gasteiger charge is -2.37. The van der Waals surface area contributed by atoms with Crippen molar-refractivity contribution in [1.29, 1.82) is 0 Å². The summed E-state index contributed by atoms with van der Waals surface area (Å²) in [4.78, 5) is 2.43. The van der Waals surface area contributed by atoms with Crippen LogP contribution in [0.3, 0.4) is 0 Å². The first kappa shape index (κ1) is 13.7. The molecular weight excluding hydrogens is 244 g/mol. The molecule has 1 unspecified atom stereocenters. The van der Waals surface area contributed by atoms with Crippen LogP contribution >= 0.6 is 11.6 Å². The highest BCUT2D eigenvalue weighted by Gasteiger charge is 2.22. The molecule has 1 fully saturated rings. The topological polar surface area (TPSA) is 15.3 Å². The predicted molar refractivity (Wildman–Crippen MR) is 79.7 cm³/mol. The number of benzene rings is 1. The molecule has 1 aliphatic heterocycles. The molecule has 1 aromatic rings. The highest BCUT2D eigenvalue weighted by molar-refractivity contribution is 6.33. The Morgan fingerprint density at radius 3 is 2.83 bits per heavy atom. The third kappa shape index (κ3) is 3.18. The summed E-state index contributed by atoms with van der Waals surface area (Å²) in [6.45, 7) is 8.73. The van der Waals surface area contributed by atoms with Crippen molar-refractivity contribution >= 4 is 17.3 Å². The summed E-state index contributed by atoms with van der Waals surface area (Å²) < 4.78 is 0. The molecule has 1 aromatic carbocycles. The number of nitrogens with zero attached hydrogens (tertiary/aromatic N) is 1. The van der Waals surface area contributed by atoms with E-state index < -0.39 is 0 Å². The predicted octanol–water partition coefficient (Wildman–Crippen LogP) is 3.62. The molecule has 18 heavy (non-hydrogen) atoms. The molecular formula is C15H23ClN2. The second-order valence-electron chi connectivity index (χ2n) is 5.51. The zero-order valence-corrected chi connectivity index (χ0v) is 12.3. The van der Waals surface area contributed by atoms with Gasteiger partial charge in [-0.3, -0.25) is 0 Å². The molecule has 0 aliphatic carbocycles. The van der Waals surface area contributed by atoms with Gasteiger partial charge in [0.05, 0.1) is 10.7 Å². The summed E-state index contributed by atoms with van der Waals surface area (Å²) in [5, 5.41) is 4.51. The van der Waals surface area contributed by atoms with Gasteiger partial charge in [-0.2, -0.15) is 0 Å². The maximum absolute atomic E-state index is 6.35. The highest BCUT2D eigenvalue weighted by atomic mass is 35.5. The molecule has 0 radical (unpaired) electrons. The molecule has 0 saturated carbocycles. The summed E-state index contributed by atoms with van der Waals surface area (Å²) in [7, 11) is 0. The Balaban J connectivity index is 2.13. The van der Waals surface area contributed by atoms with Gasteiger partial charge in [0.15, 0.2) is 0 Å². The number of hydrogen-bond donors (Lipinski definition) is 1. The van der Waals surface area contributed by atoms with Crippen molar-refractivity contribution < 1.29 is 0 Å². The van der Waals surface area contributed by atoms with Crippen LogP contribution in [-0.2, 0) is 0 Å². The third-order valence-corrected chi connectivity index (χ3v) is 3.80. The monoisotopic (exact) mass is 266 g/mol. The van der Waals surface area contributed by atoms with Gasteiger partial charge in [-0.25, -0.2) is 0 Å². The van der Waals surface area contributed by atoms with Crippen molar-refractivity contribution in [2.75, 3.05) is 18.0 Å². The quantitative estimate of drug-likeness (QED) is 0.899. The smallest absolute Gasteiger partial charge is 0.0642 e. The number of hydrogen-bond acceptors (Lipinski definition) is 2. The summed E-state index contributed by atoms with van der Waals surface area (Å²) in [5.41, 5.74) is 2.49. The number of para-hydroxylation sites is 1. The number of rotatable bonds is 3. The normalized spacial score (nSPS) is 20.5. The van der Waals surface area contributed by atoms with Gasteiger partial charge in [0.25, 0.3) is 0 Å². The van der Waals surface area contributed by atoms with E-state index in [0.29, 0.717) is 12.1 Å². The lowest BCUT2D eigenvalue weighted by atomic mass is 10.0. The van der Waals surface area contributed by atoms with Gasteiger partial charge in [-0.1, -0.05) is 37.6 Å². The van der Waals surface area contributed by atoms with Gasteiger partial charge in [0.1, 0.15) is 0 Å². The largest absolute Gasteiger partial charge is 0.369 e. The number of aryl methyl sites for hydroxylation is 1. The lowest BCUT2D eigenvalue weighted by molar-refractivity contribution is 0.394. The first-order valence-corrected chi connectivity index (χ1v) is 7.22. The Morgan fingerprint density at radius 2 is 2.17 bits per heavy atom. The van der Waals surface area contributed by atoms with Crippen LogP contribution in [0.15, 0.2) is 18.2 Å². The number of anilines is 1. The van der Waals surface area contributed by atoms with E-state index in [4.69, 9.17) is 11.6 Å². The van der Waals surface area contributed by atoms with E-state index in [0.717, 1.165) is 18.1 Å². The van der Waals surface area contributed by atoms with Crippen molar-refractivity contribution in [2.45, 2.75) is 45.7 Å². The summed E-state index contributed by atoms with van der Waals surface area (Å²) in [5.74, 6) is 0. The Labute approximate surface area is 115 Å². The molecule has 1 heterocycles. The minimum Gasteiger partial charge on any atom is -0.369 e. The fraction of sp³-hybridized carbons (Fsp3) is 0.600. The molecule has 0 amide bonds. The molecule has 1 saturated heterocycles. The second kappa shape index (κ2) is 5.94. The molecule has 2 rings (SSSR count). The third-order valence-electron chi connectivity index (χ3n) is 3.50. The molecule has 1 aliphatic rings. The first-order valence-electron chi connectivity index (χ1n) is 6.84. The molecule has 2 nitrogen and oxygen atoms in total. The molecule has 1 N–H and O–H groups in total. The van der Waals surface area contributed by atoms with E-state index in [1.807, 2.05) is 12.1 Å². The molecule has 3 heteroatoms. The van der Waals surface area contributed by atoms with Crippen molar-refractivity contribution in [3.8, 4) is 0 Å². The number of nitrogens with one attached hydrogen (secondary N) is 1. The molecule has 100 valence electrons. The summed E-state index contributed by atoms with van der Waals surface area (Å²) in [6.07, 6.45) is 2.49. The Bertz CT molecular complexity index is 383. The molecule has 0 bridgehead atoms. The summed E-state index contributed by atoms with van der Waals surface area (Å²) >= 11 is 6.35. The van der Waals surface area contributed by atoms with Crippen LogP contribution in [0.5, 0.6) is 0 Å². The second-order valence-corrected chi connectivity index (χ2v) is 5.92. The number of piperidine rings is 1. The summed E-state index contributed by atoms with van der Waals surface area (Å²) in [6, 6.07) is 7.27. The fourth-order valence-corrected chi connectivity index (χ4v) is 3.15. The Kier molecular flexibility index (Phi) is 4.52. The van der Waals surface area contributed by atoms with Crippen LogP contribution in [0.2, 0.25) is 5.02 Å². The molecule has 1 atom stereocenters. The van der Waals surface area contributed by atoms with Gasteiger partial charge in [0.2, 0.25) is 0 Å². The first-order chi connectivity index (χ1) is 8.58. The van der Waals surface area contributed by atoms with Crippen molar-refractivity contribution in [3.63, 3.8) is 0 Å². The van der Waals surface area contributed by atoms with Gasteiger partial charge in [0, 0.05) is 25.2 Å². The van der Waals surface area contributed by atoms with E-state index in [2.05, 4.69) is 37.1 Å². The zero-order valence-electron chi connectivity index (χ0n) is 11.5. The molecule has 0 aromatic heterocycles. The Hall–Kier alpha value is -0.730. The van der Waals surface area contributed by atoms with E-state index in [1.54, 1.807) is 0 Å². The van der Waals surface area contributed by atoms with Crippen LogP contribution < -0.4 is 10.2 Å². The van der Waals surface area contributed by atoms with Crippen LogP contribution in [0.25, 0.3) is 0 Å². The van der Waals surface area contributed by atoms with E-state index in [1.165, 1.54) is 24.1 Å². The minimum absolute atomic E-state index is 0.544. The van der Waals surface area contributed by atoms with Crippen LogP contribution in [0, 0.1) is 6.92 Å². The van der Waals surface area contributed by atoms with Crippen LogP contribution in [0.1, 0.15) is 32.3 Å². The van der Waals surface area contributed by atoms with Gasteiger partial charge in [-0.05, 0) is 31.4 Å². The molecule has 0 spiro atoms. The van der Waals surface area contributed by atoms with Gasteiger partial charge < -0.3 is 10.2 Å². The van der Waals surface area contributed by atoms with Crippen LogP contribution in [-0.4, -0.2) is 25.2 Å². The Morgan fingerprint density at radius 1 is 1.39 bits per heavy atom. The average molecular weight is 267 g/mol. The minimum atomic E-state index is 0.544. The van der Waals surface area contributed by atoms with Crippen molar-refractivity contribution in [2.24, 2.45) is 0 Å². The standard InChI is InChI=1S/C15H23ClN2/c1-11(2)17-13-7-5-9-18(10-13)15-12(3)6-4-8-14(15)16/h4,6,8,11,13,17H,5,7,9-10H2,1-3H3. The number of halogens is 1. The van der Waals surface area contributed by atoms with E-state index >= 15 is 0 Å². The van der Waals surface area contributed by atoms with Crippen LogP contribution in [0.4, 0.5) is 5.69 Å². The van der Waals surface area contributed by atoms with Crippen molar-refractivity contribution in [3.05, 3.63) is 28.8 Å². The van der Waals surface area contributed by atoms with Crippen molar-refractivity contribution in [1.82, 2.24) is 5.32 Å². The highest BCUT2D eigenvalue weighted by Crippen LogP contribution is 2.31. The fourth-order valence-electron chi connectivity index (χ4n) is 2.81. The van der Waals surface area contributed by atoms with Gasteiger partial charge >= 0.3 is 0 Å². The zero-order chi connectivity index (χ0) is 13.1. The maximum atomic E-state index is 6.35. The SMILES string of the molecule is Cc1cccc(Cl)c1N1CCCC(NC(C)C)C1.